The van der Waals surface area contributed by atoms with Crippen molar-refractivity contribution in [3.8, 4) is 5.69 Å². The molecule has 1 aliphatic rings. The van der Waals surface area contributed by atoms with Crippen LogP contribution in [0.4, 0.5) is 0 Å². The lowest BCUT2D eigenvalue weighted by Gasteiger charge is -2.28. The van der Waals surface area contributed by atoms with Crippen LogP contribution in [0, 0.1) is 0 Å². The molecule has 1 atom stereocenters. The number of hydrogen-bond donors (Lipinski definition) is 1. The minimum absolute atomic E-state index is 0.0300. The molecular weight excluding hydrogens is 326 g/mol. The fraction of sp³-hybridized carbons (Fsp3) is 0.250. The van der Waals surface area contributed by atoms with Crippen LogP contribution >= 0.6 is 0 Å². The molecule has 6 nitrogen and oxygen atoms in total. The number of nitrogens with zero attached hydrogens (tertiary/aromatic N) is 4. The Morgan fingerprint density at radius 2 is 1.77 bits per heavy atom. The second-order valence-electron chi connectivity index (χ2n) is 6.39. The van der Waals surface area contributed by atoms with Gasteiger partial charge in [-0.3, -0.25) is 9.69 Å². The Bertz CT molecular complexity index is 862. The number of aromatic nitrogens is 3. The summed E-state index contributed by atoms with van der Waals surface area (Å²) >= 11 is 0. The van der Waals surface area contributed by atoms with Crippen molar-refractivity contribution < 1.29 is 4.79 Å². The van der Waals surface area contributed by atoms with Gasteiger partial charge in [-0.05, 0) is 17.7 Å². The maximum absolute atomic E-state index is 12.1. The van der Waals surface area contributed by atoms with Crippen molar-refractivity contribution in [2.45, 2.75) is 19.0 Å². The molecule has 3 aromatic rings. The summed E-state index contributed by atoms with van der Waals surface area (Å²) in [5.41, 5.74) is 2.13. The van der Waals surface area contributed by atoms with E-state index in [1.165, 1.54) is 0 Å². The topological polar surface area (TPSA) is 63.1 Å². The number of para-hydroxylation sites is 1. The highest BCUT2D eigenvalue weighted by molar-refractivity contribution is 5.77. The lowest BCUT2D eigenvalue weighted by atomic mass is 10.0. The number of carbonyl (C=O) groups is 1. The summed E-state index contributed by atoms with van der Waals surface area (Å²) in [4.78, 5) is 18.8. The van der Waals surface area contributed by atoms with Gasteiger partial charge in [0.15, 0.2) is 5.82 Å². The van der Waals surface area contributed by atoms with Crippen LogP contribution in [0.25, 0.3) is 5.69 Å². The Kier molecular flexibility index (Phi) is 4.75. The first-order valence-electron chi connectivity index (χ1n) is 8.81. The molecule has 4 rings (SSSR count). The summed E-state index contributed by atoms with van der Waals surface area (Å²) in [7, 11) is 0. The second kappa shape index (κ2) is 7.49. The van der Waals surface area contributed by atoms with E-state index >= 15 is 0 Å². The number of carbonyl (C=O) groups excluding carboxylic acids is 1. The van der Waals surface area contributed by atoms with Gasteiger partial charge in [0.1, 0.15) is 6.33 Å². The summed E-state index contributed by atoms with van der Waals surface area (Å²) in [5.74, 6) is 0.841. The van der Waals surface area contributed by atoms with Crippen molar-refractivity contribution in [3.05, 3.63) is 78.4 Å². The molecule has 132 valence electrons. The zero-order valence-corrected chi connectivity index (χ0v) is 14.5. The quantitative estimate of drug-likeness (QED) is 0.787. The van der Waals surface area contributed by atoms with Crippen molar-refractivity contribution in [3.63, 3.8) is 0 Å². The number of nitrogens with one attached hydrogen (secondary N) is 1. The lowest BCUT2D eigenvalue weighted by molar-refractivity contribution is -0.121. The predicted octanol–water partition coefficient (Wildman–Crippen LogP) is 2.33. The zero-order chi connectivity index (χ0) is 17.8. The standard InChI is InChI=1S/C20H21N5O/c26-20-13-18(16-7-3-1-4-8-16)24(12-11-21-20)14-19-22-15-25(23-19)17-9-5-2-6-10-17/h1-10,15,18H,11-14H2,(H,21,26)/t18-/m0/s1. The van der Waals surface area contributed by atoms with Crippen LogP contribution in [-0.2, 0) is 11.3 Å². The Morgan fingerprint density at radius 1 is 1.04 bits per heavy atom. The fourth-order valence-corrected chi connectivity index (χ4v) is 3.32. The normalized spacial score (nSPS) is 18.3. The van der Waals surface area contributed by atoms with Crippen molar-refractivity contribution >= 4 is 5.91 Å². The number of hydrogen-bond acceptors (Lipinski definition) is 4. The molecule has 0 aliphatic carbocycles. The summed E-state index contributed by atoms with van der Waals surface area (Å²) in [6, 6.07) is 20.1. The largest absolute Gasteiger partial charge is 0.355 e. The highest BCUT2D eigenvalue weighted by Gasteiger charge is 2.27. The third kappa shape index (κ3) is 3.65. The number of amides is 1. The van der Waals surface area contributed by atoms with Gasteiger partial charge < -0.3 is 5.32 Å². The van der Waals surface area contributed by atoms with Crippen LogP contribution in [0.5, 0.6) is 0 Å². The van der Waals surface area contributed by atoms with E-state index in [-0.39, 0.29) is 11.9 Å². The maximum atomic E-state index is 12.1. The van der Waals surface area contributed by atoms with Gasteiger partial charge >= 0.3 is 0 Å². The summed E-state index contributed by atoms with van der Waals surface area (Å²) < 4.78 is 1.79. The van der Waals surface area contributed by atoms with Crippen molar-refractivity contribution in [2.75, 3.05) is 13.1 Å². The fourth-order valence-electron chi connectivity index (χ4n) is 3.32. The third-order valence-corrected chi connectivity index (χ3v) is 4.63. The molecule has 6 heteroatoms. The molecule has 0 spiro atoms. The third-order valence-electron chi connectivity index (χ3n) is 4.63. The van der Waals surface area contributed by atoms with Gasteiger partial charge in [0.05, 0.1) is 12.2 Å². The Labute approximate surface area is 152 Å². The van der Waals surface area contributed by atoms with E-state index in [4.69, 9.17) is 0 Å². The molecule has 0 saturated carbocycles. The molecule has 0 bridgehead atoms. The first kappa shape index (κ1) is 16.5. The molecule has 2 aromatic carbocycles. The molecule has 26 heavy (non-hydrogen) atoms. The minimum Gasteiger partial charge on any atom is -0.355 e. The molecule has 0 unspecified atom stereocenters. The molecule has 2 heterocycles. The highest BCUT2D eigenvalue weighted by Crippen LogP contribution is 2.26. The van der Waals surface area contributed by atoms with Crippen LogP contribution in [0.1, 0.15) is 23.9 Å². The SMILES string of the molecule is O=C1C[C@@H](c2ccccc2)N(Cc2ncn(-c3ccccc3)n2)CCN1. The van der Waals surface area contributed by atoms with E-state index in [0.29, 0.717) is 19.5 Å². The highest BCUT2D eigenvalue weighted by atomic mass is 16.1. The van der Waals surface area contributed by atoms with E-state index in [9.17, 15) is 4.79 Å². The summed E-state index contributed by atoms with van der Waals surface area (Å²) in [6.45, 7) is 2.01. The Hall–Kier alpha value is -2.99. The van der Waals surface area contributed by atoms with Crippen LogP contribution in [0.15, 0.2) is 67.0 Å². The van der Waals surface area contributed by atoms with Crippen LogP contribution in [-0.4, -0.2) is 38.7 Å². The van der Waals surface area contributed by atoms with Crippen LogP contribution in [0.3, 0.4) is 0 Å². The Balaban J connectivity index is 1.57. The molecule has 1 aliphatic heterocycles. The first-order chi connectivity index (χ1) is 12.8. The van der Waals surface area contributed by atoms with E-state index in [1.54, 1.807) is 11.0 Å². The molecule has 1 N–H and O–H groups in total. The molecule has 0 radical (unpaired) electrons. The van der Waals surface area contributed by atoms with Crippen molar-refractivity contribution in [1.82, 2.24) is 25.0 Å². The van der Waals surface area contributed by atoms with Gasteiger partial charge in [-0.2, -0.15) is 0 Å². The van der Waals surface area contributed by atoms with Crippen molar-refractivity contribution in [1.29, 1.82) is 0 Å². The van der Waals surface area contributed by atoms with Gasteiger partial charge in [-0.15, -0.1) is 5.10 Å². The second-order valence-corrected chi connectivity index (χ2v) is 6.39. The molecule has 1 fully saturated rings. The molecule has 1 saturated heterocycles. The lowest BCUT2D eigenvalue weighted by Crippen LogP contribution is -2.31. The monoisotopic (exact) mass is 347 g/mol. The predicted molar refractivity (Wildman–Crippen MR) is 98.6 cm³/mol. The molecule has 1 amide bonds. The molecular formula is C20H21N5O. The van der Waals surface area contributed by atoms with Gasteiger partial charge in [-0.1, -0.05) is 48.5 Å². The van der Waals surface area contributed by atoms with Gasteiger partial charge in [0.2, 0.25) is 5.91 Å². The van der Waals surface area contributed by atoms with Crippen LogP contribution in [0.2, 0.25) is 0 Å². The van der Waals surface area contributed by atoms with E-state index in [2.05, 4.69) is 32.4 Å². The Morgan fingerprint density at radius 3 is 2.54 bits per heavy atom. The smallest absolute Gasteiger partial charge is 0.221 e. The van der Waals surface area contributed by atoms with Crippen LogP contribution < -0.4 is 5.32 Å². The summed E-state index contributed by atoms with van der Waals surface area (Å²) in [5, 5.41) is 7.58. The van der Waals surface area contributed by atoms with E-state index in [1.807, 2.05) is 48.5 Å². The van der Waals surface area contributed by atoms with E-state index in [0.717, 1.165) is 23.6 Å². The average molecular weight is 347 g/mol. The van der Waals surface area contributed by atoms with Gasteiger partial charge in [0.25, 0.3) is 0 Å². The van der Waals surface area contributed by atoms with Gasteiger partial charge in [0, 0.05) is 25.6 Å². The summed E-state index contributed by atoms with van der Waals surface area (Å²) in [6.07, 6.45) is 2.19. The maximum Gasteiger partial charge on any atom is 0.221 e. The number of benzene rings is 2. The zero-order valence-electron chi connectivity index (χ0n) is 14.5. The number of rotatable bonds is 4. The van der Waals surface area contributed by atoms with Crippen molar-refractivity contribution in [2.24, 2.45) is 0 Å². The van der Waals surface area contributed by atoms with E-state index < -0.39 is 0 Å². The average Bonchev–Trinajstić information content (AvgIpc) is 3.07. The molecule has 1 aromatic heterocycles. The van der Waals surface area contributed by atoms with Gasteiger partial charge in [-0.25, -0.2) is 9.67 Å². The minimum atomic E-state index is 0.0300. The first-order valence-corrected chi connectivity index (χ1v) is 8.81.